The van der Waals surface area contributed by atoms with Crippen LogP contribution in [0.4, 0.5) is 11.6 Å². The first-order valence-electron chi connectivity index (χ1n) is 9.73. The number of aromatic nitrogens is 2. The number of amides is 1. The predicted octanol–water partition coefficient (Wildman–Crippen LogP) is 3.69. The molecule has 162 valence electrons. The van der Waals surface area contributed by atoms with Gasteiger partial charge in [-0.3, -0.25) is 4.79 Å². The van der Waals surface area contributed by atoms with Gasteiger partial charge in [-0.2, -0.15) is 0 Å². The molecule has 1 atom stereocenters. The van der Waals surface area contributed by atoms with Crippen LogP contribution in [0.25, 0.3) is 0 Å². The first-order valence-corrected chi connectivity index (χ1v) is 11.2. The average molecular weight is 441 g/mol. The fraction of sp³-hybridized carbons (Fsp3) is 0.227. The minimum Gasteiger partial charge on any atom is -0.481 e. The van der Waals surface area contributed by atoms with Crippen molar-refractivity contribution in [3.05, 3.63) is 72.1 Å². The summed E-state index contributed by atoms with van der Waals surface area (Å²) >= 11 is 0. The van der Waals surface area contributed by atoms with Crippen LogP contribution >= 0.6 is 0 Å². The molecule has 0 radical (unpaired) electrons. The Kier molecular flexibility index (Phi) is 6.86. The van der Waals surface area contributed by atoms with Crippen LogP contribution in [-0.4, -0.2) is 30.4 Å². The van der Waals surface area contributed by atoms with Crippen LogP contribution in [0.1, 0.15) is 24.6 Å². The Hall–Kier alpha value is -3.46. The summed E-state index contributed by atoms with van der Waals surface area (Å²) in [6.45, 7) is 5.54. The van der Waals surface area contributed by atoms with E-state index in [4.69, 9.17) is 4.74 Å². The monoisotopic (exact) mass is 440 g/mol. The average Bonchev–Trinajstić information content (AvgIpc) is 2.72. The Morgan fingerprint density at radius 2 is 1.84 bits per heavy atom. The summed E-state index contributed by atoms with van der Waals surface area (Å²) in [7, 11) is -3.85. The normalized spacial score (nSPS) is 12.1. The van der Waals surface area contributed by atoms with Crippen molar-refractivity contribution in [2.45, 2.75) is 38.2 Å². The molecule has 1 aromatic heterocycles. The molecule has 0 saturated heterocycles. The summed E-state index contributed by atoms with van der Waals surface area (Å²) in [5.41, 5.74) is 2.14. The van der Waals surface area contributed by atoms with Crippen LogP contribution in [0.15, 0.2) is 65.7 Å². The number of sulfonamides is 1. The lowest BCUT2D eigenvalue weighted by atomic mass is 10.2. The van der Waals surface area contributed by atoms with Gasteiger partial charge >= 0.3 is 0 Å². The Bertz CT molecular complexity index is 1160. The second-order valence-corrected chi connectivity index (χ2v) is 8.65. The molecule has 0 aliphatic rings. The van der Waals surface area contributed by atoms with E-state index in [0.717, 1.165) is 5.56 Å². The quantitative estimate of drug-likeness (QED) is 0.553. The van der Waals surface area contributed by atoms with Crippen molar-refractivity contribution in [1.82, 2.24) is 9.97 Å². The van der Waals surface area contributed by atoms with Gasteiger partial charge in [0, 0.05) is 17.6 Å². The second-order valence-electron chi connectivity index (χ2n) is 6.97. The number of benzene rings is 2. The molecule has 0 aliphatic heterocycles. The van der Waals surface area contributed by atoms with Crippen molar-refractivity contribution < 1.29 is 17.9 Å². The summed E-state index contributed by atoms with van der Waals surface area (Å²) in [4.78, 5) is 20.6. The van der Waals surface area contributed by atoms with Crippen molar-refractivity contribution in [2.24, 2.45) is 0 Å². The van der Waals surface area contributed by atoms with Gasteiger partial charge in [-0.1, -0.05) is 19.1 Å². The maximum Gasteiger partial charge on any atom is 0.265 e. The van der Waals surface area contributed by atoms with Gasteiger partial charge < -0.3 is 10.1 Å². The lowest BCUT2D eigenvalue weighted by Crippen LogP contribution is -2.32. The molecule has 0 saturated carbocycles. The first kappa shape index (κ1) is 22.2. The van der Waals surface area contributed by atoms with Crippen molar-refractivity contribution in [2.75, 3.05) is 10.0 Å². The zero-order chi connectivity index (χ0) is 22.4. The number of nitrogens with zero attached hydrogens (tertiary/aromatic N) is 2. The SMILES string of the molecule is CCC(Oc1cccc(C)c1)C(=O)Nc1ccc(S(=O)(=O)Nc2nccc(C)n2)cc1. The van der Waals surface area contributed by atoms with E-state index >= 15 is 0 Å². The molecule has 0 spiro atoms. The Labute approximate surface area is 181 Å². The van der Waals surface area contributed by atoms with Crippen LogP contribution < -0.4 is 14.8 Å². The highest BCUT2D eigenvalue weighted by Crippen LogP contribution is 2.19. The van der Waals surface area contributed by atoms with Crippen molar-refractivity contribution in [3.63, 3.8) is 0 Å². The topological polar surface area (TPSA) is 110 Å². The molecule has 9 heteroatoms. The Morgan fingerprint density at radius 1 is 1.10 bits per heavy atom. The lowest BCUT2D eigenvalue weighted by molar-refractivity contribution is -0.122. The number of aryl methyl sites for hydroxylation is 2. The maximum atomic E-state index is 12.6. The van der Waals surface area contributed by atoms with Gasteiger partial charge in [-0.05, 0) is 68.3 Å². The summed E-state index contributed by atoms with van der Waals surface area (Å²) in [5, 5.41) is 2.76. The minimum atomic E-state index is -3.85. The van der Waals surface area contributed by atoms with Crippen LogP contribution in [0.3, 0.4) is 0 Å². The molecule has 0 aliphatic carbocycles. The standard InChI is InChI=1S/C22H24N4O4S/c1-4-20(30-18-7-5-6-15(2)14-18)21(27)25-17-8-10-19(11-9-17)31(28,29)26-22-23-13-12-16(3)24-22/h5-14,20H,4H2,1-3H3,(H,25,27)(H,23,24,26). The zero-order valence-corrected chi connectivity index (χ0v) is 18.3. The third-order valence-corrected chi connectivity index (χ3v) is 5.73. The molecule has 1 amide bonds. The molecule has 0 bridgehead atoms. The highest BCUT2D eigenvalue weighted by Gasteiger charge is 2.20. The molecule has 2 N–H and O–H groups in total. The van der Waals surface area contributed by atoms with Crippen LogP contribution in [0.2, 0.25) is 0 Å². The maximum absolute atomic E-state index is 12.6. The van der Waals surface area contributed by atoms with Gasteiger partial charge in [0.1, 0.15) is 5.75 Å². The highest BCUT2D eigenvalue weighted by atomic mass is 32.2. The number of carbonyl (C=O) groups excluding carboxylic acids is 1. The van der Waals surface area contributed by atoms with Gasteiger partial charge in [0.05, 0.1) is 4.90 Å². The van der Waals surface area contributed by atoms with Crippen molar-refractivity contribution in [1.29, 1.82) is 0 Å². The molecule has 31 heavy (non-hydrogen) atoms. The minimum absolute atomic E-state index is 0.00327. The first-order chi connectivity index (χ1) is 14.8. The summed E-state index contributed by atoms with van der Waals surface area (Å²) in [5.74, 6) is 0.301. The number of nitrogens with one attached hydrogen (secondary N) is 2. The van der Waals surface area contributed by atoms with Crippen LogP contribution in [0.5, 0.6) is 5.75 Å². The van der Waals surface area contributed by atoms with E-state index in [-0.39, 0.29) is 16.8 Å². The van der Waals surface area contributed by atoms with E-state index in [1.54, 1.807) is 19.1 Å². The van der Waals surface area contributed by atoms with E-state index in [1.807, 2.05) is 32.0 Å². The predicted molar refractivity (Wildman–Crippen MR) is 119 cm³/mol. The van der Waals surface area contributed by atoms with E-state index in [0.29, 0.717) is 23.6 Å². The van der Waals surface area contributed by atoms with Crippen molar-refractivity contribution in [3.8, 4) is 5.75 Å². The fourth-order valence-corrected chi connectivity index (χ4v) is 3.74. The number of hydrogen-bond acceptors (Lipinski definition) is 6. The number of ether oxygens (including phenoxy) is 1. The van der Waals surface area contributed by atoms with E-state index in [1.165, 1.54) is 30.5 Å². The molecule has 0 fully saturated rings. The summed E-state index contributed by atoms with van der Waals surface area (Å²) < 4.78 is 33.2. The molecule has 3 rings (SSSR count). The van der Waals surface area contributed by atoms with Gasteiger partial charge in [0.2, 0.25) is 5.95 Å². The number of anilines is 2. The third kappa shape index (κ3) is 6.02. The molecule has 1 unspecified atom stereocenters. The highest BCUT2D eigenvalue weighted by molar-refractivity contribution is 7.92. The Morgan fingerprint density at radius 3 is 2.48 bits per heavy atom. The van der Waals surface area contributed by atoms with Crippen LogP contribution in [0, 0.1) is 13.8 Å². The van der Waals surface area contributed by atoms with Gasteiger partial charge in [-0.15, -0.1) is 0 Å². The number of rotatable bonds is 8. The second kappa shape index (κ2) is 9.57. The molecular formula is C22H24N4O4S. The summed E-state index contributed by atoms with van der Waals surface area (Å²) in [6.07, 6.45) is 1.28. The number of carbonyl (C=O) groups is 1. The van der Waals surface area contributed by atoms with Gasteiger partial charge in [0.15, 0.2) is 6.10 Å². The van der Waals surface area contributed by atoms with Crippen molar-refractivity contribution >= 4 is 27.6 Å². The van der Waals surface area contributed by atoms with E-state index in [9.17, 15) is 13.2 Å². The van der Waals surface area contributed by atoms with Gasteiger partial charge in [0.25, 0.3) is 15.9 Å². The number of hydrogen-bond donors (Lipinski definition) is 2. The van der Waals surface area contributed by atoms with Crippen LogP contribution in [-0.2, 0) is 14.8 Å². The molecule has 8 nitrogen and oxygen atoms in total. The molecular weight excluding hydrogens is 416 g/mol. The lowest BCUT2D eigenvalue weighted by Gasteiger charge is -2.17. The van der Waals surface area contributed by atoms with E-state index < -0.39 is 16.1 Å². The third-order valence-electron chi connectivity index (χ3n) is 4.38. The van der Waals surface area contributed by atoms with Gasteiger partial charge in [-0.25, -0.2) is 23.1 Å². The molecule has 3 aromatic rings. The fourth-order valence-electron chi connectivity index (χ4n) is 2.79. The van der Waals surface area contributed by atoms with E-state index in [2.05, 4.69) is 20.0 Å². The smallest absolute Gasteiger partial charge is 0.265 e. The zero-order valence-electron chi connectivity index (χ0n) is 17.5. The molecule has 2 aromatic carbocycles. The largest absolute Gasteiger partial charge is 0.481 e. The Balaban J connectivity index is 1.67. The molecule has 1 heterocycles. The summed E-state index contributed by atoms with van der Waals surface area (Å²) in [6, 6.07) is 15.0.